The first kappa shape index (κ1) is 16.5. The summed E-state index contributed by atoms with van der Waals surface area (Å²) in [5, 5.41) is 0. The summed E-state index contributed by atoms with van der Waals surface area (Å²) in [7, 11) is 0.316. The van der Waals surface area contributed by atoms with Gasteiger partial charge in [0.05, 0.1) is 0 Å². The van der Waals surface area contributed by atoms with Gasteiger partial charge in [-0.15, -0.1) is 7.92 Å². The van der Waals surface area contributed by atoms with Gasteiger partial charge in [0, 0.05) is 0 Å². The minimum absolute atomic E-state index is 0.316. The van der Waals surface area contributed by atoms with E-state index in [4.69, 9.17) is 0 Å². The standard InChI is InChI=1S/C17H35P/c1-11(2)13(4)14(5)17(7,8)15(6)16-12(3)10-18(16)9/h11-16H,10H2,1-9H3/t12-,13?,14+,15+,16?,18+/m0/s1. The molecule has 0 aromatic rings. The first-order chi connectivity index (χ1) is 8.10. The fraction of sp³-hybridized carbons (Fsp3) is 1.00. The molecule has 0 radical (unpaired) electrons. The van der Waals surface area contributed by atoms with Gasteiger partial charge in [0.1, 0.15) is 0 Å². The smallest absolute Gasteiger partial charge is 0.0152 e. The molecule has 0 spiro atoms. The Hall–Kier alpha value is 0.430. The van der Waals surface area contributed by atoms with Gasteiger partial charge in [-0.2, -0.15) is 0 Å². The van der Waals surface area contributed by atoms with Gasteiger partial charge in [0.15, 0.2) is 0 Å². The van der Waals surface area contributed by atoms with Crippen LogP contribution in [0, 0.1) is 35.0 Å². The topological polar surface area (TPSA) is 0 Å². The van der Waals surface area contributed by atoms with Crippen molar-refractivity contribution in [1.29, 1.82) is 0 Å². The van der Waals surface area contributed by atoms with E-state index in [-0.39, 0.29) is 0 Å². The SMILES string of the molecule is CC(C)C(C)[C@@H](C)C(C)(C)[C@H](C)C1[C@@H](C)C[P@@]1C. The predicted octanol–water partition coefficient (Wildman–Crippen LogP) is 5.71. The average Bonchev–Trinajstić information content (AvgIpc) is 2.26. The van der Waals surface area contributed by atoms with Crippen molar-refractivity contribution in [2.75, 3.05) is 12.8 Å². The highest BCUT2D eigenvalue weighted by atomic mass is 31.1. The van der Waals surface area contributed by atoms with Crippen molar-refractivity contribution in [2.24, 2.45) is 35.0 Å². The van der Waals surface area contributed by atoms with Crippen LogP contribution in [0.5, 0.6) is 0 Å². The molecule has 6 atom stereocenters. The van der Waals surface area contributed by atoms with Crippen molar-refractivity contribution in [2.45, 2.75) is 61.0 Å². The maximum absolute atomic E-state index is 2.53. The lowest BCUT2D eigenvalue weighted by Gasteiger charge is -2.53. The van der Waals surface area contributed by atoms with Crippen molar-refractivity contribution < 1.29 is 0 Å². The van der Waals surface area contributed by atoms with Crippen LogP contribution in [0.2, 0.25) is 0 Å². The number of hydrogen-bond acceptors (Lipinski definition) is 0. The Morgan fingerprint density at radius 3 is 1.89 bits per heavy atom. The van der Waals surface area contributed by atoms with Gasteiger partial charge in [-0.1, -0.05) is 55.4 Å². The molecule has 18 heavy (non-hydrogen) atoms. The second kappa shape index (κ2) is 5.82. The Bertz CT molecular complexity index is 261. The van der Waals surface area contributed by atoms with E-state index in [1.807, 2.05) is 0 Å². The fourth-order valence-corrected chi connectivity index (χ4v) is 7.07. The van der Waals surface area contributed by atoms with Crippen LogP contribution in [-0.4, -0.2) is 18.5 Å². The highest BCUT2D eigenvalue weighted by Gasteiger charge is 2.46. The van der Waals surface area contributed by atoms with Crippen molar-refractivity contribution in [3.05, 3.63) is 0 Å². The molecule has 1 aliphatic rings. The molecule has 1 heterocycles. The molecule has 0 aromatic carbocycles. The van der Waals surface area contributed by atoms with Crippen molar-refractivity contribution in [3.8, 4) is 0 Å². The summed E-state index contributed by atoms with van der Waals surface area (Å²) in [6, 6.07) is 0. The minimum Gasteiger partial charge on any atom is -0.106 e. The summed E-state index contributed by atoms with van der Waals surface area (Å²) in [4.78, 5) is 0. The van der Waals surface area contributed by atoms with Crippen molar-refractivity contribution in [1.82, 2.24) is 0 Å². The van der Waals surface area contributed by atoms with Crippen LogP contribution in [-0.2, 0) is 0 Å². The van der Waals surface area contributed by atoms with E-state index < -0.39 is 0 Å². The highest BCUT2D eigenvalue weighted by Crippen LogP contribution is 2.61. The van der Waals surface area contributed by atoms with E-state index in [1.165, 1.54) is 6.16 Å². The Morgan fingerprint density at radius 1 is 1.06 bits per heavy atom. The van der Waals surface area contributed by atoms with E-state index >= 15 is 0 Å². The van der Waals surface area contributed by atoms with Gasteiger partial charge < -0.3 is 0 Å². The van der Waals surface area contributed by atoms with Crippen LogP contribution in [0.4, 0.5) is 0 Å². The highest BCUT2D eigenvalue weighted by molar-refractivity contribution is 7.59. The van der Waals surface area contributed by atoms with E-state index in [0.717, 1.165) is 35.2 Å². The molecule has 2 unspecified atom stereocenters. The zero-order valence-corrected chi connectivity index (χ0v) is 15.0. The first-order valence-electron chi connectivity index (χ1n) is 7.80. The number of hydrogen-bond donors (Lipinski definition) is 0. The molecule has 0 bridgehead atoms. The summed E-state index contributed by atoms with van der Waals surface area (Å²) in [5.74, 6) is 4.27. The molecule has 1 fully saturated rings. The molecule has 1 heteroatoms. The molecular weight excluding hydrogens is 235 g/mol. The van der Waals surface area contributed by atoms with Gasteiger partial charge in [-0.05, 0) is 53.5 Å². The molecule has 0 aliphatic carbocycles. The molecule has 0 aromatic heterocycles. The maximum atomic E-state index is 2.53. The van der Waals surface area contributed by atoms with Gasteiger partial charge in [-0.25, -0.2) is 0 Å². The monoisotopic (exact) mass is 270 g/mol. The van der Waals surface area contributed by atoms with E-state index in [1.54, 1.807) is 0 Å². The zero-order valence-electron chi connectivity index (χ0n) is 14.1. The van der Waals surface area contributed by atoms with E-state index in [9.17, 15) is 0 Å². The van der Waals surface area contributed by atoms with E-state index in [0.29, 0.717) is 13.3 Å². The van der Waals surface area contributed by atoms with Gasteiger partial charge >= 0.3 is 0 Å². The van der Waals surface area contributed by atoms with Crippen LogP contribution in [0.25, 0.3) is 0 Å². The third kappa shape index (κ3) is 2.95. The summed E-state index contributed by atoms with van der Waals surface area (Å²) >= 11 is 0. The molecule has 1 rings (SSSR count). The molecule has 0 saturated carbocycles. The lowest BCUT2D eigenvalue weighted by atomic mass is 9.62. The van der Waals surface area contributed by atoms with Crippen LogP contribution in [0.3, 0.4) is 0 Å². The second-order valence-electron chi connectivity index (χ2n) is 7.91. The van der Waals surface area contributed by atoms with Crippen LogP contribution in [0.15, 0.2) is 0 Å². The third-order valence-corrected chi connectivity index (χ3v) is 9.49. The van der Waals surface area contributed by atoms with Crippen LogP contribution >= 0.6 is 7.92 Å². The predicted molar refractivity (Wildman–Crippen MR) is 86.8 cm³/mol. The lowest BCUT2D eigenvalue weighted by Crippen LogP contribution is -2.46. The summed E-state index contributed by atoms with van der Waals surface area (Å²) in [5.41, 5.74) is 1.48. The Kier molecular flexibility index (Phi) is 5.33. The maximum Gasteiger partial charge on any atom is -0.0152 e. The fourth-order valence-electron chi connectivity index (χ4n) is 3.96. The Morgan fingerprint density at radius 2 is 1.56 bits per heavy atom. The minimum atomic E-state index is 0.316. The Labute approximate surface area is 117 Å². The summed E-state index contributed by atoms with van der Waals surface area (Å²) < 4.78 is 0. The van der Waals surface area contributed by atoms with Crippen molar-refractivity contribution >= 4 is 7.92 Å². The van der Waals surface area contributed by atoms with Crippen LogP contribution in [0.1, 0.15) is 55.4 Å². The summed E-state index contributed by atoms with van der Waals surface area (Å²) in [6.07, 6.45) is 1.51. The Balaban J connectivity index is 2.78. The molecule has 108 valence electrons. The normalized spacial score (nSPS) is 34.0. The van der Waals surface area contributed by atoms with Crippen molar-refractivity contribution in [3.63, 3.8) is 0 Å². The van der Waals surface area contributed by atoms with Gasteiger partial charge in [0.2, 0.25) is 0 Å². The molecule has 1 saturated heterocycles. The van der Waals surface area contributed by atoms with Gasteiger partial charge in [-0.3, -0.25) is 0 Å². The third-order valence-electron chi connectivity index (χ3n) is 6.37. The van der Waals surface area contributed by atoms with E-state index in [2.05, 4.69) is 62.1 Å². The molecule has 0 amide bonds. The summed E-state index contributed by atoms with van der Waals surface area (Å²) in [6.45, 7) is 22.2. The molecule has 0 N–H and O–H groups in total. The molecule has 1 aliphatic heterocycles. The zero-order chi connectivity index (χ0) is 14.2. The number of rotatable bonds is 5. The van der Waals surface area contributed by atoms with Gasteiger partial charge in [0.25, 0.3) is 0 Å². The first-order valence-corrected chi connectivity index (χ1v) is 9.85. The largest absolute Gasteiger partial charge is 0.106 e. The second-order valence-corrected chi connectivity index (χ2v) is 10.4. The lowest BCUT2D eigenvalue weighted by molar-refractivity contribution is 0.0651. The average molecular weight is 270 g/mol. The van der Waals surface area contributed by atoms with Crippen LogP contribution < -0.4 is 0 Å². The quantitative estimate of drug-likeness (QED) is 0.561. The molecule has 0 nitrogen and oxygen atoms in total. The molecular formula is C17H35P.